The highest BCUT2D eigenvalue weighted by Crippen LogP contribution is 2.33. The lowest BCUT2D eigenvalue weighted by molar-refractivity contribution is -0.140. The quantitative estimate of drug-likeness (QED) is 0.554. The van der Waals surface area contributed by atoms with E-state index in [1.807, 2.05) is 0 Å². The molecule has 0 amide bonds. The summed E-state index contributed by atoms with van der Waals surface area (Å²) in [4.78, 5) is -1.24. The third-order valence-corrected chi connectivity index (χ3v) is 2.36. The molecule has 3 nitrogen and oxygen atoms in total. The molecule has 86 valence electrons. The number of hydrogen-bond donors (Lipinski definition) is 0. The van der Waals surface area contributed by atoms with Crippen molar-refractivity contribution in [3.63, 3.8) is 0 Å². The zero-order valence-corrected chi connectivity index (χ0v) is 9.12. The average molecular weight is 260 g/mol. The number of benzene rings is 1. The zero-order chi connectivity index (χ0) is 11.0. The molecule has 0 heterocycles. The van der Waals surface area contributed by atoms with Gasteiger partial charge in [0, 0.05) is 0 Å². The van der Waals surface area contributed by atoms with Crippen molar-refractivity contribution in [3.8, 4) is 0 Å². The molecule has 1 aromatic rings. The fourth-order valence-electron chi connectivity index (χ4n) is 0.919. The Kier molecular flexibility index (Phi) is 4.20. The van der Waals surface area contributed by atoms with E-state index in [1.165, 1.54) is 0 Å². The molecule has 0 aliphatic carbocycles. The Hall–Kier alpha value is -0.730. The summed E-state index contributed by atoms with van der Waals surface area (Å²) < 4.78 is 67.9. The van der Waals surface area contributed by atoms with Crippen LogP contribution in [0.15, 0.2) is 29.2 Å². The zero-order valence-electron chi connectivity index (χ0n) is 7.15. The van der Waals surface area contributed by atoms with Crippen LogP contribution in [-0.4, -0.2) is 13.0 Å². The summed E-state index contributed by atoms with van der Waals surface area (Å²) in [5.41, 5.74) is -1.44. The second-order valence-electron chi connectivity index (χ2n) is 2.45. The van der Waals surface area contributed by atoms with Gasteiger partial charge < -0.3 is 4.55 Å². The van der Waals surface area contributed by atoms with E-state index in [0.717, 1.165) is 12.1 Å². The van der Waals surface area contributed by atoms with Crippen LogP contribution in [0, 0.1) is 0 Å². The van der Waals surface area contributed by atoms with Crippen LogP contribution >= 0.6 is 0 Å². The monoisotopic (exact) mass is 260 g/mol. The molecule has 0 saturated heterocycles. The number of halogens is 3. The minimum Gasteiger partial charge on any atom is -0.744 e. The van der Waals surface area contributed by atoms with Crippen molar-refractivity contribution in [1.82, 2.24) is 0 Å². The molecule has 0 radical (unpaired) electrons. The van der Waals surface area contributed by atoms with Crippen molar-refractivity contribution >= 4 is 23.6 Å². The largest absolute Gasteiger partial charge is 0.744 e. The van der Waals surface area contributed by atoms with Gasteiger partial charge >= 0.3 is 6.18 Å². The maximum absolute atomic E-state index is 12.2. The first-order chi connectivity index (χ1) is 6.23. The van der Waals surface area contributed by atoms with Gasteiger partial charge in [0.25, 0.3) is 0 Å². The highest BCUT2D eigenvalue weighted by atomic mass is 32.2. The first-order valence-electron chi connectivity index (χ1n) is 3.35. The molecular weight excluding hydrogens is 253 g/mol. The van der Waals surface area contributed by atoms with Gasteiger partial charge in [-0.3, -0.25) is 0 Å². The second kappa shape index (κ2) is 4.42. The van der Waals surface area contributed by atoms with Crippen LogP contribution in [0.3, 0.4) is 0 Å². The molecular formula is C7H7F3O3S2. The van der Waals surface area contributed by atoms with Gasteiger partial charge in [-0.15, -0.1) is 0 Å². The standard InChI is InChI=1S/C7H5F3O3S.H2S/c8-7(9,10)5-3-1-2-4-6(5)14(11,12)13;/h1-4H,(H,11,12,13);1H2. The minimum atomic E-state index is -5.09. The Balaban J connectivity index is 0.00000196. The Labute approximate surface area is 91.1 Å². The van der Waals surface area contributed by atoms with Gasteiger partial charge in [-0.05, 0) is 12.1 Å². The van der Waals surface area contributed by atoms with Crippen LogP contribution in [0.25, 0.3) is 0 Å². The summed E-state index contributed by atoms with van der Waals surface area (Å²) in [5, 5.41) is 0. The summed E-state index contributed by atoms with van der Waals surface area (Å²) in [7, 11) is -5.09. The molecule has 0 unspecified atom stereocenters. The molecule has 0 atom stereocenters. The third-order valence-electron chi connectivity index (χ3n) is 1.46. The van der Waals surface area contributed by atoms with Gasteiger partial charge in [-0.25, -0.2) is 8.42 Å². The molecule has 0 fully saturated rings. The second-order valence-corrected chi connectivity index (χ2v) is 3.80. The Morgan fingerprint density at radius 3 is 1.93 bits per heavy atom. The maximum atomic E-state index is 12.2. The summed E-state index contributed by atoms with van der Waals surface area (Å²) in [6.45, 7) is 0. The van der Waals surface area contributed by atoms with Crippen LogP contribution in [0.4, 0.5) is 13.2 Å². The fourth-order valence-corrected chi connectivity index (χ4v) is 1.62. The Morgan fingerprint density at radius 1 is 1.13 bits per heavy atom. The molecule has 0 N–H and O–H groups in total. The molecule has 0 aliphatic heterocycles. The van der Waals surface area contributed by atoms with E-state index in [2.05, 4.69) is 0 Å². The van der Waals surface area contributed by atoms with E-state index in [-0.39, 0.29) is 13.5 Å². The van der Waals surface area contributed by atoms with Crippen molar-refractivity contribution in [3.05, 3.63) is 29.8 Å². The van der Waals surface area contributed by atoms with E-state index >= 15 is 0 Å². The number of alkyl halides is 3. The Morgan fingerprint density at radius 2 is 1.60 bits per heavy atom. The normalized spacial score (nSPS) is 12.0. The van der Waals surface area contributed by atoms with Gasteiger partial charge in [0.2, 0.25) is 0 Å². The van der Waals surface area contributed by atoms with Crippen LogP contribution in [0.1, 0.15) is 5.56 Å². The van der Waals surface area contributed by atoms with E-state index in [1.54, 1.807) is 0 Å². The average Bonchev–Trinajstić information content (AvgIpc) is 2.01. The van der Waals surface area contributed by atoms with E-state index in [0.29, 0.717) is 12.1 Å². The molecule has 1 aromatic carbocycles. The first-order valence-corrected chi connectivity index (χ1v) is 4.76. The van der Waals surface area contributed by atoms with Crippen LogP contribution in [-0.2, 0) is 29.8 Å². The van der Waals surface area contributed by atoms with Crippen molar-refractivity contribution in [2.75, 3.05) is 0 Å². The van der Waals surface area contributed by atoms with Crippen molar-refractivity contribution < 1.29 is 26.1 Å². The molecule has 15 heavy (non-hydrogen) atoms. The highest BCUT2D eigenvalue weighted by Gasteiger charge is 2.34. The predicted molar refractivity (Wildman–Crippen MR) is 51.0 cm³/mol. The number of hydrogen-bond acceptors (Lipinski definition) is 3. The summed E-state index contributed by atoms with van der Waals surface area (Å²) in [6, 6.07) is 3.24. The Bertz CT molecular complexity index is 439. The number of rotatable bonds is 1. The molecule has 0 aromatic heterocycles. The van der Waals surface area contributed by atoms with Gasteiger partial charge in [-0.2, -0.15) is 13.2 Å². The highest BCUT2D eigenvalue weighted by molar-refractivity contribution is 7.85. The minimum absolute atomic E-state index is 0. The topological polar surface area (TPSA) is 57.2 Å². The van der Waals surface area contributed by atoms with Crippen molar-refractivity contribution in [2.45, 2.75) is 11.1 Å². The third kappa shape index (κ3) is 3.40. The molecule has 8 heteroatoms. The molecule has 0 saturated carbocycles. The summed E-state index contributed by atoms with van der Waals surface area (Å²) in [6.07, 6.45) is -4.84. The molecule has 0 spiro atoms. The van der Waals surface area contributed by atoms with Gasteiger partial charge in [0.1, 0.15) is 10.1 Å². The molecule has 0 bridgehead atoms. The lowest BCUT2D eigenvalue weighted by Crippen LogP contribution is -2.12. The first kappa shape index (κ1) is 14.3. The SMILES string of the molecule is O=S(=O)([O-])c1ccccc1C(F)(F)F.[SH3+]. The lowest BCUT2D eigenvalue weighted by Gasteiger charge is -2.14. The van der Waals surface area contributed by atoms with Crippen molar-refractivity contribution in [1.29, 1.82) is 0 Å². The summed E-state index contributed by atoms with van der Waals surface area (Å²) >= 11 is 0. The predicted octanol–water partition coefficient (Wildman–Crippen LogP) is 0.804. The van der Waals surface area contributed by atoms with E-state index in [9.17, 15) is 26.1 Å². The van der Waals surface area contributed by atoms with Crippen LogP contribution in [0.2, 0.25) is 0 Å². The lowest BCUT2D eigenvalue weighted by atomic mass is 10.2. The van der Waals surface area contributed by atoms with Crippen molar-refractivity contribution in [2.24, 2.45) is 0 Å². The van der Waals surface area contributed by atoms with Gasteiger partial charge in [-0.1, -0.05) is 25.6 Å². The smallest absolute Gasteiger partial charge is 0.417 e. The maximum Gasteiger partial charge on any atom is 0.417 e. The van der Waals surface area contributed by atoms with Gasteiger partial charge in [0.15, 0.2) is 0 Å². The van der Waals surface area contributed by atoms with Crippen LogP contribution < -0.4 is 0 Å². The van der Waals surface area contributed by atoms with Gasteiger partial charge in [0.05, 0.1) is 10.5 Å². The fraction of sp³-hybridized carbons (Fsp3) is 0.143. The molecule has 1 rings (SSSR count). The summed E-state index contributed by atoms with van der Waals surface area (Å²) in [5.74, 6) is 0. The van der Waals surface area contributed by atoms with E-state index < -0.39 is 26.8 Å². The molecule has 0 aliphatic rings. The van der Waals surface area contributed by atoms with Crippen LogP contribution in [0.5, 0.6) is 0 Å². The van der Waals surface area contributed by atoms with E-state index in [4.69, 9.17) is 0 Å².